The molecular formula is C26H42O8. The number of hydrogen-bond acceptors (Lipinski definition) is 5. The van der Waals surface area contributed by atoms with Gasteiger partial charge in [0.1, 0.15) is 0 Å². The van der Waals surface area contributed by atoms with E-state index in [9.17, 15) is 24.3 Å². The van der Waals surface area contributed by atoms with Crippen LogP contribution in [0.25, 0.3) is 0 Å². The fraction of sp³-hybridized carbons (Fsp3) is 0.692. The maximum atomic E-state index is 12.1. The third kappa shape index (κ3) is 12.6. The van der Waals surface area contributed by atoms with E-state index >= 15 is 0 Å². The van der Waals surface area contributed by atoms with Crippen molar-refractivity contribution in [1.82, 2.24) is 0 Å². The van der Waals surface area contributed by atoms with Crippen molar-refractivity contribution in [3.63, 3.8) is 0 Å². The summed E-state index contributed by atoms with van der Waals surface area (Å²) < 4.78 is 4.52. The molecule has 0 fully saturated rings. The number of aliphatic carboxylic acids is 3. The number of rotatable bonds is 16. The van der Waals surface area contributed by atoms with Crippen LogP contribution in [-0.2, 0) is 23.9 Å². The number of carboxylic acid groups (broad SMARTS) is 3. The van der Waals surface area contributed by atoms with Gasteiger partial charge in [0.05, 0.1) is 5.92 Å². The minimum atomic E-state index is -2.33. The zero-order chi connectivity index (χ0) is 26.6. The number of allylic oxidation sites excluding steroid dienone is 3. The Balaban J connectivity index is 5.13. The van der Waals surface area contributed by atoms with Gasteiger partial charge in [-0.2, -0.15) is 0 Å². The van der Waals surface area contributed by atoms with E-state index in [-0.39, 0.29) is 17.9 Å². The van der Waals surface area contributed by atoms with Gasteiger partial charge < -0.3 is 20.1 Å². The zero-order valence-electron chi connectivity index (χ0n) is 21.5. The number of carboxylic acids is 3. The first kappa shape index (κ1) is 31.4. The summed E-state index contributed by atoms with van der Waals surface area (Å²) >= 11 is 0. The van der Waals surface area contributed by atoms with Crippen LogP contribution in [0.2, 0.25) is 0 Å². The maximum absolute atomic E-state index is 12.1. The molecular weight excluding hydrogens is 440 g/mol. The zero-order valence-corrected chi connectivity index (χ0v) is 21.5. The van der Waals surface area contributed by atoms with Gasteiger partial charge in [-0.1, -0.05) is 59.6 Å². The average Bonchev–Trinajstić information content (AvgIpc) is 2.69. The van der Waals surface area contributed by atoms with Gasteiger partial charge >= 0.3 is 23.9 Å². The lowest BCUT2D eigenvalue weighted by Gasteiger charge is -2.21. The third-order valence-corrected chi connectivity index (χ3v) is 5.92. The molecule has 0 aromatic heterocycles. The van der Waals surface area contributed by atoms with Gasteiger partial charge in [0.25, 0.3) is 6.10 Å². The molecule has 0 aliphatic carbocycles. The second kappa shape index (κ2) is 15.3. The van der Waals surface area contributed by atoms with Crippen molar-refractivity contribution < 1.29 is 39.2 Å². The predicted octanol–water partition coefficient (Wildman–Crippen LogP) is 5.18. The molecule has 0 aliphatic rings. The molecule has 34 heavy (non-hydrogen) atoms. The van der Waals surface area contributed by atoms with Gasteiger partial charge in [0, 0.05) is 5.57 Å². The molecule has 0 saturated heterocycles. The molecule has 0 spiro atoms. The first-order valence-electron chi connectivity index (χ1n) is 12.0. The first-order valence-corrected chi connectivity index (χ1v) is 12.0. The molecule has 8 nitrogen and oxygen atoms in total. The predicted molar refractivity (Wildman–Crippen MR) is 129 cm³/mol. The lowest BCUT2D eigenvalue weighted by atomic mass is 9.84. The van der Waals surface area contributed by atoms with Crippen molar-refractivity contribution in [2.45, 2.75) is 86.7 Å². The van der Waals surface area contributed by atoms with Crippen molar-refractivity contribution >= 4 is 23.9 Å². The van der Waals surface area contributed by atoms with Crippen LogP contribution >= 0.6 is 0 Å². The Morgan fingerprint density at radius 3 is 1.79 bits per heavy atom. The van der Waals surface area contributed by atoms with Crippen LogP contribution in [0.4, 0.5) is 0 Å². The van der Waals surface area contributed by atoms with Crippen LogP contribution in [0.5, 0.6) is 0 Å². The molecule has 0 aromatic carbocycles. The summed E-state index contributed by atoms with van der Waals surface area (Å²) in [4.78, 5) is 45.6. The summed E-state index contributed by atoms with van der Waals surface area (Å²) in [5, 5.41) is 27.2. The Labute approximate surface area is 203 Å². The molecule has 0 bridgehead atoms. The smallest absolute Gasteiger partial charge is 0.356 e. The van der Waals surface area contributed by atoms with Crippen LogP contribution in [0.15, 0.2) is 23.3 Å². The Bertz CT molecular complexity index is 753. The van der Waals surface area contributed by atoms with Gasteiger partial charge in [0.15, 0.2) is 0 Å². The van der Waals surface area contributed by atoms with Crippen LogP contribution in [-0.4, -0.2) is 45.3 Å². The van der Waals surface area contributed by atoms with E-state index in [2.05, 4.69) is 39.4 Å². The van der Waals surface area contributed by atoms with Gasteiger partial charge in [0.2, 0.25) is 0 Å². The largest absolute Gasteiger partial charge is 0.478 e. The second-order valence-corrected chi connectivity index (χ2v) is 9.89. The van der Waals surface area contributed by atoms with E-state index in [1.54, 1.807) is 6.92 Å². The van der Waals surface area contributed by atoms with E-state index in [0.29, 0.717) is 11.8 Å². The molecule has 0 aliphatic heterocycles. The molecule has 5 atom stereocenters. The van der Waals surface area contributed by atoms with Crippen molar-refractivity contribution in [1.29, 1.82) is 0 Å². The maximum Gasteiger partial charge on any atom is 0.356 e. The van der Waals surface area contributed by atoms with Crippen LogP contribution in [0.3, 0.4) is 0 Å². The summed E-state index contributed by atoms with van der Waals surface area (Å²) in [7, 11) is 0. The van der Waals surface area contributed by atoms with Crippen LogP contribution < -0.4 is 0 Å². The van der Waals surface area contributed by atoms with Crippen molar-refractivity contribution in [3.8, 4) is 0 Å². The van der Waals surface area contributed by atoms with E-state index < -0.39 is 35.9 Å². The molecule has 8 heteroatoms. The van der Waals surface area contributed by atoms with Gasteiger partial charge in [-0.05, 0) is 62.4 Å². The number of ether oxygens (including phenoxy) is 1. The van der Waals surface area contributed by atoms with Crippen LogP contribution in [0.1, 0.15) is 80.6 Å². The molecule has 5 unspecified atom stereocenters. The number of esters is 1. The minimum Gasteiger partial charge on any atom is -0.478 e. The molecule has 3 N–H and O–H groups in total. The Kier molecular flexibility index (Phi) is 14.1. The molecule has 0 amide bonds. The number of carbonyl (C=O) groups excluding carboxylic acids is 1. The normalized spacial score (nSPS) is 16.9. The Morgan fingerprint density at radius 2 is 1.32 bits per heavy atom. The molecule has 0 rings (SSSR count). The van der Waals surface area contributed by atoms with Crippen molar-refractivity contribution in [2.75, 3.05) is 0 Å². The Morgan fingerprint density at radius 1 is 0.824 bits per heavy atom. The molecule has 0 radical (unpaired) electrons. The summed E-state index contributed by atoms with van der Waals surface area (Å²) in [6, 6.07) is 0. The number of carbonyl (C=O) groups is 4. The first-order chi connectivity index (χ1) is 15.7. The molecule has 0 saturated carbocycles. The molecule has 0 aromatic rings. The minimum absolute atomic E-state index is 0.0391. The summed E-state index contributed by atoms with van der Waals surface area (Å²) in [6.07, 6.45) is 5.48. The fourth-order valence-electron chi connectivity index (χ4n) is 4.27. The standard InChI is InChI=1S/C26H42O8/c1-8-15(2)9-16(3)10-17(4)11-18(5)12-19(6)13-21(23(27)28)14-20(7)26(33)34-22(24(29)30)25(31)32/h12-13,15-18,20,22H,8-11,14H2,1-7H3,(H,27,28)(H,29,30)(H,31,32)/b19-12+,21-13-. The quantitative estimate of drug-likeness (QED) is 0.118. The van der Waals surface area contributed by atoms with Gasteiger partial charge in [-0.25, -0.2) is 14.4 Å². The lowest BCUT2D eigenvalue weighted by Crippen LogP contribution is -2.36. The van der Waals surface area contributed by atoms with E-state index in [1.807, 2.05) is 6.08 Å². The molecule has 0 heterocycles. The van der Waals surface area contributed by atoms with E-state index in [1.165, 1.54) is 25.8 Å². The highest BCUT2D eigenvalue weighted by Crippen LogP contribution is 2.26. The molecule has 194 valence electrons. The van der Waals surface area contributed by atoms with E-state index in [4.69, 9.17) is 10.2 Å². The second-order valence-electron chi connectivity index (χ2n) is 9.89. The van der Waals surface area contributed by atoms with Crippen LogP contribution in [0, 0.1) is 29.6 Å². The summed E-state index contributed by atoms with van der Waals surface area (Å²) in [5.41, 5.74) is 0.710. The lowest BCUT2D eigenvalue weighted by molar-refractivity contribution is -0.176. The SMILES string of the molecule is CCC(C)CC(C)CC(C)CC(C)/C=C(C)/C=C(/CC(C)C(=O)OC(C(=O)O)C(=O)O)C(=O)O. The average molecular weight is 483 g/mol. The third-order valence-electron chi connectivity index (χ3n) is 5.92. The van der Waals surface area contributed by atoms with Crippen molar-refractivity contribution in [2.24, 2.45) is 29.6 Å². The van der Waals surface area contributed by atoms with Gasteiger partial charge in [-0.15, -0.1) is 0 Å². The Hall–Kier alpha value is -2.64. The number of hydrogen-bond donors (Lipinski definition) is 3. The van der Waals surface area contributed by atoms with E-state index in [0.717, 1.165) is 24.3 Å². The highest BCUT2D eigenvalue weighted by atomic mass is 16.6. The monoisotopic (exact) mass is 482 g/mol. The highest BCUT2D eigenvalue weighted by molar-refractivity contribution is 5.98. The topological polar surface area (TPSA) is 138 Å². The van der Waals surface area contributed by atoms with Crippen molar-refractivity contribution in [3.05, 3.63) is 23.3 Å². The summed E-state index contributed by atoms with van der Waals surface area (Å²) in [6.45, 7) is 14.3. The van der Waals surface area contributed by atoms with Gasteiger partial charge in [-0.3, -0.25) is 4.79 Å². The summed E-state index contributed by atoms with van der Waals surface area (Å²) in [5.74, 6) is -4.78. The fourth-order valence-corrected chi connectivity index (χ4v) is 4.27. The highest BCUT2D eigenvalue weighted by Gasteiger charge is 2.32.